The van der Waals surface area contributed by atoms with Crippen LogP contribution < -0.4 is 22.3 Å². The minimum absolute atomic E-state index is 0.189. The van der Waals surface area contributed by atoms with Crippen molar-refractivity contribution in [2.75, 3.05) is 12.3 Å². The van der Waals surface area contributed by atoms with E-state index in [1.54, 1.807) is 19.2 Å². The summed E-state index contributed by atoms with van der Waals surface area (Å²) in [7, 11) is 0. The first-order valence-electron chi connectivity index (χ1n) is 10.9. The van der Waals surface area contributed by atoms with E-state index in [0.29, 0.717) is 41.0 Å². The molecule has 0 spiro atoms. The Morgan fingerprint density at radius 3 is 2.85 bits per heavy atom. The number of nitrogens with two attached hydrogens (primary N) is 1. The molecule has 11 heteroatoms. The Morgan fingerprint density at radius 2 is 2.06 bits per heavy atom. The number of H-pyrrole nitrogens is 1. The van der Waals surface area contributed by atoms with Gasteiger partial charge in [-0.05, 0) is 25.5 Å². The van der Waals surface area contributed by atoms with Gasteiger partial charge >= 0.3 is 5.69 Å². The standard InChI is InChI=1S/C22H26N8O3/c1-3-4-7-15-27-18-19(17-14(26-20(18)23)6-5-8-25-17)30(15)10-9-24-16(31)12-29-11-13(2)21(32)28-22(29)33/h5-6,8,11H,3-4,7,9-10,12H2,1-2H3,(H2,23,26)(H,24,31)(H,28,32,33). The normalized spacial score (nSPS) is 11.3. The number of hydrogen-bond acceptors (Lipinski definition) is 7. The van der Waals surface area contributed by atoms with Crippen LogP contribution in [0.5, 0.6) is 0 Å². The van der Waals surface area contributed by atoms with Crippen molar-refractivity contribution in [3.8, 4) is 0 Å². The quantitative estimate of drug-likeness (QED) is 0.360. The van der Waals surface area contributed by atoms with Crippen molar-refractivity contribution in [1.82, 2.24) is 34.4 Å². The zero-order valence-electron chi connectivity index (χ0n) is 18.6. The first-order valence-corrected chi connectivity index (χ1v) is 10.9. The maximum atomic E-state index is 12.4. The first-order chi connectivity index (χ1) is 15.9. The van der Waals surface area contributed by atoms with Gasteiger partial charge in [-0.15, -0.1) is 0 Å². The summed E-state index contributed by atoms with van der Waals surface area (Å²) in [6.45, 7) is 4.27. The van der Waals surface area contributed by atoms with Crippen molar-refractivity contribution in [1.29, 1.82) is 0 Å². The molecular formula is C22H26N8O3. The van der Waals surface area contributed by atoms with Crippen LogP contribution in [0, 0.1) is 6.92 Å². The average molecular weight is 451 g/mol. The molecule has 4 N–H and O–H groups in total. The molecule has 0 saturated carbocycles. The third-order valence-corrected chi connectivity index (χ3v) is 5.46. The highest BCUT2D eigenvalue weighted by atomic mass is 16.2. The van der Waals surface area contributed by atoms with Crippen molar-refractivity contribution < 1.29 is 4.79 Å². The molecule has 4 aromatic heterocycles. The number of pyridine rings is 2. The van der Waals surface area contributed by atoms with Gasteiger partial charge in [0.1, 0.15) is 28.9 Å². The lowest BCUT2D eigenvalue weighted by Crippen LogP contribution is -2.37. The van der Waals surface area contributed by atoms with E-state index in [-0.39, 0.29) is 12.5 Å². The number of hydrogen-bond donors (Lipinski definition) is 3. The minimum Gasteiger partial charge on any atom is -0.382 e. The van der Waals surface area contributed by atoms with Gasteiger partial charge in [-0.25, -0.2) is 14.8 Å². The Balaban J connectivity index is 1.58. The third kappa shape index (κ3) is 4.47. The van der Waals surface area contributed by atoms with Crippen LogP contribution in [-0.4, -0.2) is 41.5 Å². The summed E-state index contributed by atoms with van der Waals surface area (Å²) in [5.41, 5.74) is 8.26. The highest BCUT2D eigenvalue weighted by Crippen LogP contribution is 2.27. The summed E-state index contributed by atoms with van der Waals surface area (Å²) in [6.07, 6.45) is 5.82. The van der Waals surface area contributed by atoms with E-state index in [0.717, 1.165) is 30.6 Å². The highest BCUT2D eigenvalue weighted by molar-refractivity contribution is 6.04. The van der Waals surface area contributed by atoms with Gasteiger partial charge in [0.2, 0.25) is 5.91 Å². The van der Waals surface area contributed by atoms with E-state index in [1.807, 2.05) is 10.6 Å². The molecule has 172 valence electrons. The second-order valence-electron chi connectivity index (χ2n) is 7.90. The maximum Gasteiger partial charge on any atom is 0.328 e. The smallest absolute Gasteiger partial charge is 0.328 e. The molecule has 1 amide bonds. The van der Waals surface area contributed by atoms with Crippen LogP contribution in [0.2, 0.25) is 0 Å². The number of fused-ring (bicyclic) bond motifs is 3. The molecule has 0 fully saturated rings. The maximum absolute atomic E-state index is 12.4. The average Bonchev–Trinajstić information content (AvgIpc) is 3.15. The lowest BCUT2D eigenvalue weighted by molar-refractivity contribution is -0.121. The predicted molar refractivity (Wildman–Crippen MR) is 125 cm³/mol. The van der Waals surface area contributed by atoms with Crippen molar-refractivity contribution in [3.05, 3.63) is 56.8 Å². The van der Waals surface area contributed by atoms with Gasteiger partial charge in [-0.2, -0.15) is 0 Å². The number of nitrogen functional groups attached to an aromatic ring is 1. The molecule has 0 aromatic carbocycles. The first kappa shape index (κ1) is 22.2. The molecule has 0 saturated heterocycles. The van der Waals surface area contributed by atoms with Crippen LogP contribution >= 0.6 is 0 Å². The second kappa shape index (κ2) is 9.23. The van der Waals surface area contributed by atoms with Gasteiger partial charge in [0.05, 0.1) is 5.52 Å². The molecule has 0 aliphatic rings. The second-order valence-corrected chi connectivity index (χ2v) is 7.90. The molecule has 0 radical (unpaired) electrons. The summed E-state index contributed by atoms with van der Waals surface area (Å²) in [4.78, 5) is 51.7. The number of imidazole rings is 1. The van der Waals surface area contributed by atoms with Gasteiger partial charge in [-0.1, -0.05) is 13.3 Å². The molecule has 11 nitrogen and oxygen atoms in total. The SMILES string of the molecule is CCCCc1nc2c(N)nc3cccnc3c2n1CCNC(=O)Cn1cc(C)c(=O)[nH]c1=O. The Kier molecular flexibility index (Phi) is 6.20. The number of aromatic nitrogens is 6. The lowest BCUT2D eigenvalue weighted by Gasteiger charge is -2.12. The highest BCUT2D eigenvalue weighted by Gasteiger charge is 2.18. The lowest BCUT2D eigenvalue weighted by atomic mass is 10.2. The largest absolute Gasteiger partial charge is 0.382 e. The molecule has 0 bridgehead atoms. The molecule has 33 heavy (non-hydrogen) atoms. The number of aromatic amines is 1. The van der Waals surface area contributed by atoms with Crippen LogP contribution in [0.25, 0.3) is 22.1 Å². The zero-order chi connectivity index (χ0) is 23.5. The summed E-state index contributed by atoms with van der Waals surface area (Å²) in [5.74, 6) is 0.867. The fourth-order valence-corrected chi connectivity index (χ4v) is 3.79. The Bertz CT molecular complexity index is 1450. The number of unbranched alkanes of at least 4 members (excludes halogenated alkanes) is 1. The molecule has 0 aliphatic carbocycles. The molecule has 4 heterocycles. The minimum atomic E-state index is -0.622. The van der Waals surface area contributed by atoms with Crippen molar-refractivity contribution >= 4 is 33.8 Å². The third-order valence-electron chi connectivity index (χ3n) is 5.46. The molecule has 4 aromatic rings. The Hall–Kier alpha value is -4.02. The van der Waals surface area contributed by atoms with Crippen LogP contribution in [0.4, 0.5) is 5.82 Å². The van der Waals surface area contributed by atoms with Gasteiger partial charge in [0.15, 0.2) is 5.82 Å². The number of amides is 1. The fourth-order valence-electron chi connectivity index (χ4n) is 3.79. The van der Waals surface area contributed by atoms with Gasteiger partial charge in [-0.3, -0.25) is 24.1 Å². The number of carbonyl (C=O) groups excluding carboxylic acids is 1. The summed E-state index contributed by atoms with van der Waals surface area (Å²) in [6, 6.07) is 3.66. The summed E-state index contributed by atoms with van der Waals surface area (Å²) < 4.78 is 3.21. The van der Waals surface area contributed by atoms with Gasteiger partial charge in [0, 0.05) is 37.5 Å². The van der Waals surface area contributed by atoms with E-state index in [4.69, 9.17) is 10.7 Å². The predicted octanol–water partition coefficient (Wildman–Crippen LogP) is 0.879. The van der Waals surface area contributed by atoms with Crippen LogP contribution in [0.15, 0.2) is 34.1 Å². The van der Waals surface area contributed by atoms with Crippen molar-refractivity contribution in [2.24, 2.45) is 0 Å². The number of nitrogens with one attached hydrogen (secondary N) is 2. The molecular weight excluding hydrogens is 424 g/mol. The summed E-state index contributed by atoms with van der Waals surface area (Å²) in [5, 5.41) is 2.83. The number of nitrogens with zero attached hydrogens (tertiary/aromatic N) is 5. The summed E-state index contributed by atoms with van der Waals surface area (Å²) >= 11 is 0. The molecule has 0 atom stereocenters. The number of anilines is 1. The zero-order valence-corrected chi connectivity index (χ0v) is 18.6. The van der Waals surface area contributed by atoms with Crippen LogP contribution in [-0.2, 0) is 24.3 Å². The van der Waals surface area contributed by atoms with E-state index < -0.39 is 11.2 Å². The number of rotatable bonds is 8. The Morgan fingerprint density at radius 1 is 1.24 bits per heavy atom. The molecule has 4 rings (SSSR count). The molecule has 0 unspecified atom stereocenters. The topological polar surface area (TPSA) is 154 Å². The van der Waals surface area contributed by atoms with Crippen LogP contribution in [0.3, 0.4) is 0 Å². The monoisotopic (exact) mass is 450 g/mol. The Labute approximate surface area is 188 Å². The van der Waals surface area contributed by atoms with Gasteiger partial charge < -0.3 is 15.6 Å². The van der Waals surface area contributed by atoms with Crippen molar-refractivity contribution in [3.63, 3.8) is 0 Å². The van der Waals surface area contributed by atoms with E-state index >= 15 is 0 Å². The number of carbonyl (C=O) groups is 1. The van der Waals surface area contributed by atoms with Gasteiger partial charge in [0.25, 0.3) is 5.56 Å². The van der Waals surface area contributed by atoms with Crippen LogP contribution in [0.1, 0.15) is 31.2 Å². The van der Waals surface area contributed by atoms with E-state index in [2.05, 4.69) is 27.2 Å². The fraction of sp³-hybridized carbons (Fsp3) is 0.364. The molecule has 0 aliphatic heterocycles. The number of aryl methyl sites for hydroxylation is 2. The van der Waals surface area contributed by atoms with Crippen molar-refractivity contribution in [2.45, 2.75) is 46.2 Å². The van der Waals surface area contributed by atoms with E-state index in [1.165, 1.54) is 10.8 Å². The van der Waals surface area contributed by atoms with E-state index in [9.17, 15) is 14.4 Å².